The standard InChI is InChI=1S/C28H29Si.3ClH.Ti/c1-5-24-13-9-17-28(24)29(25-14-6-10-21(2)18-25,26-15-7-11-22(3)19-26)27-16-8-12-23(4)20-27;;;;/h6-8,10-12,14-20H,5,9H2,1-4H3;3*1H;/q-1;;;;. The van der Waals surface area contributed by atoms with Gasteiger partial charge in [0.25, 0.3) is 0 Å². The third-order valence-electron chi connectivity index (χ3n) is 6.06. The molecule has 5 heteroatoms. The summed E-state index contributed by atoms with van der Waals surface area (Å²) in [5.74, 6) is 0. The number of halogens is 3. The molecule has 0 fully saturated rings. The van der Waals surface area contributed by atoms with Crippen LogP contribution in [-0.2, 0) is 21.7 Å². The molecule has 0 saturated heterocycles. The SMILES string of the molecule is CCC1=[C-]CC=C1[Si](c1cccc(C)c1)(c1cccc(C)c1)c1cccc(C)c1.Cl.Cl.Cl.[Ti]. The van der Waals surface area contributed by atoms with Crippen LogP contribution < -0.4 is 15.6 Å². The molecule has 3 aromatic rings. The Morgan fingerprint density at radius 2 is 1.09 bits per heavy atom. The molecule has 0 radical (unpaired) electrons. The first-order valence-electron chi connectivity index (χ1n) is 10.6. The van der Waals surface area contributed by atoms with Gasteiger partial charge < -0.3 is 0 Å². The second kappa shape index (κ2) is 13.7. The van der Waals surface area contributed by atoms with Crippen molar-refractivity contribution in [2.24, 2.45) is 0 Å². The molecule has 3 aromatic carbocycles. The summed E-state index contributed by atoms with van der Waals surface area (Å²) < 4.78 is 0. The van der Waals surface area contributed by atoms with Gasteiger partial charge >= 0.3 is 0 Å². The zero-order chi connectivity index (χ0) is 20.4. The first-order valence-corrected chi connectivity index (χ1v) is 12.6. The molecule has 33 heavy (non-hydrogen) atoms. The van der Waals surface area contributed by atoms with Crippen molar-refractivity contribution < 1.29 is 21.7 Å². The smallest absolute Gasteiger partial charge is 0.0993 e. The average molecular weight is 551 g/mol. The van der Waals surface area contributed by atoms with Crippen molar-refractivity contribution in [3.63, 3.8) is 0 Å². The van der Waals surface area contributed by atoms with Crippen LogP contribution in [0.5, 0.6) is 0 Å². The van der Waals surface area contributed by atoms with Gasteiger partial charge in [-0.25, -0.2) is 5.57 Å². The largest absolute Gasteiger partial charge is 0.269 e. The Bertz CT molecular complexity index is 1010. The molecule has 0 saturated carbocycles. The molecule has 0 atom stereocenters. The Morgan fingerprint density at radius 1 is 0.697 bits per heavy atom. The molecule has 1 aliphatic carbocycles. The van der Waals surface area contributed by atoms with Gasteiger partial charge in [-0.2, -0.15) is 11.3 Å². The number of benzene rings is 3. The third kappa shape index (κ3) is 6.15. The normalized spacial score (nSPS) is 12.2. The van der Waals surface area contributed by atoms with Gasteiger partial charge in [-0.1, -0.05) is 118 Å². The number of aryl methyl sites for hydroxylation is 3. The van der Waals surface area contributed by atoms with E-state index in [-0.39, 0.29) is 58.9 Å². The fourth-order valence-corrected chi connectivity index (χ4v) is 10.2. The minimum atomic E-state index is -2.41. The maximum atomic E-state index is 3.67. The van der Waals surface area contributed by atoms with E-state index in [1.54, 1.807) is 0 Å². The number of hydrogen-bond donors (Lipinski definition) is 0. The van der Waals surface area contributed by atoms with Gasteiger partial charge in [0.15, 0.2) is 0 Å². The van der Waals surface area contributed by atoms with Crippen LogP contribution in [0.1, 0.15) is 36.5 Å². The molecule has 0 bridgehead atoms. The van der Waals surface area contributed by atoms with E-state index in [4.69, 9.17) is 0 Å². The fourth-order valence-electron chi connectivity index (χ4n) is 4.79. The Morgan fingerprint density at radius 3 is 1.42 bits per heavy atom. The summed E-state index contributed by atoms with van der Waals surface area (Å²) in [6.07, 6.45) is 8.09. The van der Waals surface area contributed by atoms with Crippen molar-refractivity contribution in [2.45, 2.75) is 40.5 Å². The fraction of sp³-hybridized carbons (Fsp3) is 0.214. The summed E-state index contributed by atoms with van der Waals surface area (Å²) in [4.78, 5) is 0. The molecule has 0 heterocycles. The maximum Gasteiger partial charge on any atom is 0.0993 e. The summed E-state index contributed by atoms with van der Waals surface area (Å²) in [5.41, 5.74) is 5.37. The summed E-state index contributed by atoms with van der Waals surface area (Å²) in [6, 6.07) is 27.6. The summed E-state index contributed by atoms with van der Waals surface area (Å²) in [5, 5.41) is 5.93. The first kappa shape index (κ1) is 31.9. The zero-order valence-corrected chi connectivity index (χ0v) is 24.7. The van der Waals surface area contributed by atoms with Crippen LogP contribution in [0.3, 0.4) is 0 Å². The van der Waals surface area contributed by atoms with Crippen molar-refractivity contribution in [1.82, 2.24) is 0 Å². The van der Waals surface area contributed by atoms with E-state index in [2.05, 4.69) is 113 Å². The molecular weight excluding hydrogens is 519 g/mol. The molecule has 0 unspecified atom stereocenters. The maximum absolute atomic E-state index is 3.67. The Labute approximate surface area is 234 Å². The number of allylic oxidation sites excluding steroid dienone is 4. The van der Waals surface area contributed by atoms with Gasteiger partial charge in [-0.3, -0.25) is 6.08 Å². The van der Waals surface area contributed by atoms with E-state index in [1.165, 1.54) is 43.0 Å². The van der Waals surface area contributed by atoms with Crippen molar-refractivity contribution in [3.05, 3.63) is 112 Å². The van der Waals surface area contributed by atoms with Gasteiger partial charge in [-0.15, -0.1) is 43.6 Å². The molecule has 0 aliphatic heterocycles. The zero-order valence-electron chi connectivity index (χ0n) is 19.6. The van der Waals surface area contributed by atoms with Crippen LogP contribution in [0, 0.1) is 26.8 Å². The molecule has 1 aliphatic rings. The van der Waals surface area contributed by atoms with E-state index in [0.717, 1.165) is 12.8 Å². The molecular formula is C28H32Cl3SiTi-. The van der Waals surface area contributed by atoms with E-state index in [1.807, 2.05) is 0 Å². The van der Waals surface area contributed by atoms with Gasteiger partial charge in [0.05, 0.1) is 8.07 Å². The van der Waals surface area contributed by atoms with Crippen molar-refractivity contribution in [2.75, 3.05) is 0 Å². The third-order valence-corrected chi connectivity index (χ3v) is 10.9. The second-order valence-corrected chi connectivity index (χ2v) is 12.0. The molecule has 0 amide bonds. The molecule has 0 N–H and O–H groups in total. The van der Waals surface area contributed by atoms with Crippen LogP contribution in [-0.4, -0.2) is 8.07 Å². The van der Waals surface area contributed by atoms with Crippen LogP contribution in [0.2, 0.25) is 0 Å². The van der Waals surface area contributed by atoms with Gasteiger partial charge in [-0.05, 0) is 20.8 Å². The van der Waals surface area contributed by atoms with Crippen LogP contribution in [0.15, 0.2) is 89.6 Å². The molecule has 174 valence electrons. The second-order valence-electron chi connectivity index (χ2n) is 8.19. The quantitative estimate of drug-likeness (QED) is 0.197. The van der Waals surface area contributed by atoms with E-state index < -0.39 is 8.07 Å². The van der Waals surface area contributed by atoms with Crippen molar-refractivity contribution in [1.29, 1.82) is 0 Å². The van der Waals surface area contributed by atoms with Crippen molar-refractivity contribution in [3.8, 4) is 0 Å². The number of rotatable bonds is 5. The van der Waals surface area contributed by atoms with Gasteiger partial charge in [0, 0.05) is 21.7 Å². The molecule has 0 spiro atoms. The van der Waals surface area contributed by atoms with Crippen LogP contribution in [0.25, 0.3) is 0 Å². The molecule has 4 rings (SSSR count). The average Bonchev–Trinajstić information content (AvgIpc) is 3.18. The van der Waals surface area contributed by atoms with Gasteiger partial charge in [0.1, 0.15) is 0 Å². The molecule has 0 aromatic heterocycles. The van der Waals surface area contributed by atoms with Crippen LogP contribution in [0.4, 0.5) is 0 Å². The monoisotopic (exact) mass is 549 g/mol. The van der Waals surface area contributed by atoms with E-state index >= 15 is 0 Å². The van der Waals surface area contributed by atoms with Crippen molar-refractivity contribution >= 4 is 60.9 Å². The summed E-state index contributed by atoms with van der Waals surface area (Å²) >= 11 is 0. The summed E-state index contributed by atoms with van der Waals surface area (Å²) in [7, 11) is -2.41. The minimum absolute atomic E-state index is 0. The predicted octanol–water partition coefficient (Wildman–Crippen LogP) is 6.35. The predicted molar refractivity (Wildman–Crippen MR) is 150 cm³/mol. The van der Waals surface area contributed by atoms with E-state index in [0.29, 0.717) is 0 Å². The Hall–Kier alpha value is -1.06. The Kier molecular flexibility index (Phi) is 13.3. The van der Waals surface area contributed by atoms with E-state index in [9.17, 15) is 0 Å². The first-order chi connectivity index (χ1) is 14.1. The minimum Gasteiger partial charge on any atom is -0.269 e. The topological polar surface area (TPSA) is 0 Å². The number of hydrogen-bond acceptors (Lipinski definition) is 0. The summed E-state index contributed by atoms with van der Waals surface area (Å²) in [6.45, 7) is 8.89. The molecule has 0 nitrogen and oxygen atoms in total. The van der Waals surface area contributed by atoms with Crippen LogP contribution >= 0.6 is 37.2 Å². The van der Waals surface area contributed by atoms with Gasteiger partial charge in [0.2, 0.25) is 0 Å². The Balaban J connectivity index is 0.00000256.